The van der Waals surface area contributed by atoms with E-state index in [1.165, 1.54) is 6.33 Å². The molecule has 2 aromatic carbocycles. The number of anilines is 1. The van der Waals surface area contributed by atoms with Crippen molar-refractivity contribution in [3.05, 3.63) is 77.2 Å². The molecule has 0 radical (unpaired) electrons. The normalized spacial score (nSPS) is 18.1. The first-order valence-corrected chi connectivity index (χ1v) is 11.8. The summed E-state index contributed by atoms with van der Waals surface area (Å²) in [5.74, 6) is 1.64. The number of carbonyl (C=O) groups excluding carboxylic acids is 1. The molecule has 2 N–H and O–H groups in total. The van der Waals surface area contributed by atoms with Gasteiger partial charge in [-0.15, -0.1) is 0 Å². The van der Waals surface area contributed by atoms with E-state index in [9.17, 15) is 4.79 Å². The molecule has 0 bridgehead atoms. The molecule has 174 valence electrons. The van der Waals surface area contributed by atoms with E-state index in [1.54, 1.807) is 24.4 Å². The Balaban J connectivity index is 1.40. The minimum atomic E-state index is -0.216. The van der Waals surface area contributed by atoms with Crippen LogP contribution in [0.3, 0.4) is 0 Å². The lowest BCUT2D eigenvalue weighted by Gasteiger charge is -2.29. The van der Waals surface area contributed by atoms with Crippen molar-refractivity contribution in [3.8, 4) is 11.5 Å². The van der Waals surface area contributed by atoms with Gasteiger partial charge in [-0.2, -0.15) is 0 Å². The lowest BCUT2D eigenvalue weighted by Crippen LogP contribution is -2.34. The zero-order chi connectivity index (χ0) is 23.5. The van der Waals surface area contributed by atoms with E-state index in [0.717, 1.165) is 19.3 Å². The smallest absolute Gasteiger partial charge is 0.196 e. The average Bonchev–Trinajstić information content (AvgIpc) is 3.30. The summed E-state index contributed by atoms with van der Waals surface area (Å²) < 4.78 is 11.7. The summed E-state index contributed by atoms with van der Waals surface area (Å²) >= 11 is 6.51. The van der Waals surface area contributed by atoms with Crippen LogP contribution in [0.2, 0.25) is 5.02 Å². The van der Waals surface area contributed by atoms with Crippen LogP contribution in [0.5, 0.6) is 11.5 Å². The number of hydrogen-bond acceptors (Lipinski definition) is 6. The first-order chi connectivity index (χ1) is 16.6. The van der Waals surface area contributed by atoms with Crippen LogP contribution in [-0.2, 0) is 4.74 Å². The molecule has 1 aliphatic heterocycles. The summed E-state index contributed by atoms with van der Waals surface area (Å²) in [5, 5.41) is 4.41. The Bertz CT molecular complexity index is 1300. The summed E-state index contributed by atoms with van der Waals surface area (Å²) in [6.07, 6.45) is 6.43. The number of rotatable bonds is 7. The third-order valence-electron chi connectivity index (χ3n) is 6.04. The molecular weight excluding hydrogens is 452 g/mol. The van der Waals surface area contributed by atoms with Gasteiger partial charge in [0.2, 0.25) is 0 Å². The highest BCUT2D eigenvalue weighted by Crippen LogP contribution is 2.32. The molecule has 0 aliphatic carbocycles. The second kappa shape index (κ2) is 9.83. The number of aromatic amines is 1. The van der Waals surface area contributed by atoms with Crippen LogP contribution in [0, 0.1) is 0 Å². The number of hydrogen-bond donors (Lipinski definition) is 2. The fourth-order valence-electron chi connectivity index (χ4n) is 4.20. The maximum absolute atomic E-state index is 13.5. The third-order valence-corrected chi connectivity index (χ3v) is 6.36. The lowest BCUT2D eigenvalue weighted by atomic mass is 10.0. The molecule has 34 heavy (non-hydrogen) atoms. The maximum atomic E-state index is 13.5. The highest BCUT2D eigenvalue weighted by Gasteiger charge is 2.24. The Morgan fingerprint density at radius 3 is 2.74 bits per heavy atom. The summed E-state index contributed by atoms with van der Waals surface area (Å²) in [5.41, 5.74) is 1.42. The topological polar surface area (TPSA) is 89.1 Å². The quantitative estimate of drug-likeness (QED) is 0.318. The van der Waals surface area contributed by atoms with Crippen LogP contribution < -0.4 is 10.1 Å². The average molecular weight is 477 g/mol. The van der Waals surface area contributed by atoms with Gasteiger partial charge in [0.05, 0.1) is 34.7 Å². The summed E-state index contributed by atoms with van der Waals surface area (Å²) in [4.78, 5) is 25.3. The summed E-state index contributed by atoms with van der Waals surface area (Å²) in [7, 11) is 0. The van der Waals surface area contributed by atoms with Crippen molar-refractivity contribution >= 4 is 34.2 Å². The summed E-state index contributed by atoms with van der Waals surface area (Å²) in [6, 6.07) is 14.6. The number of ketones is 1. The van der Waals surface area contributed by atoms with Gasteiger partial charge in [-0.1, -0.05) is 36.7 Å². The lowest BCUT2D eigenvalue weighted by molar-refractivity contribution is 0.00762. The molecule has 8 heteroatoms. The van der Waals surface area contributed by atoms with Gasteiger partial charge in [0.15, 0.2) is 5.78 Å². The Kier molecular flexibility index (Phi) is 6.47. The molecule has 5 rings (SSSR count). The van der Waals surface area contributed by atoms with Crippen molar-refractivity contribution < 1.29 is 14.3 Å². The Hall–Kier alpha value is -3.42. The number of fused-ring (bicyclic) bond motifs is 1. The third kappa shape index (κ3) is 4.62. The molecule has 2 atom stereocenters. The van der Waals surface area contributed by atoms with Gasteiger partial charge < -0.3 is 19.8 Å². The monoisotopic (exact) mass is 476 g/mol. The number of nitrogens with one attached hydrogen (secondary N) is 2. The standard InChI is InChI=1S/C26H25ClN4O3/c1-2-17-9-8-16(14-33-17)31-26-23-21(13-28-25(23)29-15-30-26)24(32)20-11-10-19(12-22(20)27)34-18-6-4-3-5-7-18/h3-7,10-13,15-17H,2,8-9,14H2,1H3,(H2,28,29,30,31)/t16-,17-/m1/s1. The molecule has 0 spiro atoms. The van der Waals surface area contributed by atoms with Crippen LogP contribution in [0.4, 0.5) is 5.82 Å². The first-order valence-electron chi connectivity index (χ1n) is 11.4. The van der Waals surface area contributed by atoms with E-state index in [1.807, 2.05) is 30.3 Å². The molecule has 0 saturated carbocycles. The molecule has 1 fully saturated rings. The number of halogens is 1. The number of aromatic nitrogens is 3. The number of H-pyrrole nitrogens is 1. The zero-order valence-electron chi connectivity index (χ0n) is 18.8. The Morgan fingerprint density at radius 2 is 2.00 bits per heavy atom. The van der Waals surface area contributed by atoms with Gasteiger partial charge in [-0.05, 0) is 43.5 Å². The van der Waals surface area contributed by atoms with Crippen LogP contribution in [0.1, 0.15) is 42.1 Å². The van der Waals surface area contributed by atoms with Gasteiger partial charge in [-0.25, -0.2) is 9.97 Å². The fraction of sp³-hybridized carbons (Fsp3) is 0.269. The van der Waals surface area contributed by atoms with Crippen molar-refractivity contribution in [2.24, 2.45) is 0 Å². The maximum Gasteiger partial charge on any atom is 0.196 e. The number of carbonyl (C=O) groups is 1. The van der Waals surface area contributed by atoms with Gasteiger partial charge in [0, 0.05) is 17.8 Å². The predicted octanol–water partition coefficient (Wildman–Crippen LogP) is 6.00. The van der Waals surface area contributed by atoms with Crippen molar-refractivity contribution in [1.82, 2.24) is 15.0 Å². The molecular formula is C26H25ClN4O3. The minimum Gasteiger partial charge on any atom is -0.457 e. The molecule has 0 amide bonds. The molecule has 1 aliphatic rings. The van der Waals surface area contributed by atoms with E-state index < -0.39 is 0 Å². The van der Waals surface area contributed by atoms with Crippen LogP contribution >= 0.6 is 11.6 Å². The Labute approximate surface area is 202 Å². The van der Waals surface area contributed by atoms with Crippen molar-refractivity contribution in [2.75, 3.05) is 11.9 Å². The van der Waals surface area contributed by atoms with E-state index in [0.29, 0.717) is 57.2 Å². The van der Waals surface area contributed by atoms with Gasteiger partial charge in [0.1, 0.15) is 29.3 Å². The number of ether oxygens (including phenoxy) is 2. The van der Waals surface area contributed by atoms with E-state index >= 15 is 0 Å². The fourth-order valence-corrected chi connectivity index (χ4v) is 4.46. The highest BCUT2D eigenvalue weighted by molar-refractivity contribution is 6.35. The van der Waals surface area contributed by atoms with E-state index in [-0.39, 0.29) is 11.8 Å². The molecule has 2 aromatic heterocycles. The van der Waals surface area contributed by atoms with Gasteiger partial charge >= 0.3 is 0 Å². The predicted molar refractivity (Wildman–Crippen MR) is 132 cm³/mol. The number of benzene rings is 2. The van der Waals surface area contributed by atoms with Crippen LogP contribution in [-0.4, -0.2) is 39.5 Å². The number of nitrogens with zero attached hydrogens (tertiary/aromatic N) is 2. The number of para-hydroxylation sites is 1. The second-order valence-corrected chi connectivity index (χ2v) is 8.72. The Morgan fingerprint density at radius 1 is 1.15 bits per heavy atom. The second-order valence-electron chi connectivity index (χ2n) is 8.32. The van der Waals surface area contributed by atoms with E-state index in [2.05, 4.69) is 27.2 Å². The molecule has 0 unspecified atom stereocenters. The van der Waals surface area contributed by atoms with Crippen molar-refractivity contribution in [2.45, 2.75) is 38.3 Å². The first kappa shape index (κ1) is 22.4. The molecule has 1 saturated heterocycles. The largest absolute Gasteiger partial charge is 0.457 e. The molecule has 4 aromatic rings. The van der Waals surface area contributed by atoms with Crippen LogP contribution in [0.25, 0.3) is 11.0 Å². The highest BCUT2D eigenvalue weighted by atomic mass is 35.5. The SMILES string of the molecule is CC[C@@H]1CC[C@@H](Nc2ncnc3[nH]cc(C(=O)c4ccc(Oc5ccccc5)cc4Cl)c23)CO1. The van der Waals surface area contributed by atoms with Gasteiger partial charge in [-0.3, -0.25) is 4.79 Å². The van der Waals surface area contributed by atoms with Crippen molar-refractivity contribution in [1.29, 1.82) is 0 Å². The molecule has 7 nitrogen and oxygen atoms in total. The van der Waals surface area contributed by atoms with Gasteiger partial charge in [0.25, 0.3) is 0 Å². The van der Waals surface area contributed by atoms with E-state index in [4.69, 9.17) is 21.1 Å². The molecule has 3 heterocycles. The minimum absolute atomic E-state index is 0.122. The zero-order valence-corrected chi connectivity index (χ0v) is 19.5. The summed E-state index contributed by atoms with van der Waals surface area (Å²) in [6.45, 7) is 2.74. The van der Waals surface area contributed by atoms with Crippen LogP contribution in [0.15, 0.2) is 61.1 Å². The van der Waals surface area contributed by atoms with Crippen molar-refractivity contribution in [3.63, 3.8) is 0 Å².